The number of aromatic nitrogens is 2. The van der Waals surface area contributed by atoms with E-state index in [4.69, 9.17) is 10.2 Å². The number of carbonyl (C=O) groups is 1. The minimum absolute atomic E-state index is 0.0703. The number of Topliss-reactive ketones (excluding diaryl/α,β-unsaturated/α-hetero) is 1. The molecule has 0 amide bonds. The molecule has 1 aromatic carbocycles. The summed E-state index contributed by atoms with van der Waals surface area (Å²) in [4.78, 5) is 20.1. The van der Waals surface area contributed by atoms with E-state index in [9.17, 15) is 27.5 Å². The number of hydrogen-bond donors (Lipinski definition) is 2. The van der Waals surface area contributed by atoms with Crippen molar-refractivity contribution in [2.24, 2.45) is 5.73 Å². The first-order chi connectivity index (χ1) is 15.2. The molecule has 1 atom stereocenters. The molecule has 0 saturated heterocycles. The lowest BCUT2D eigenvalue weighted by Gasteiger charge is -2.31. The van der Waals surface area contributed by atoms with Gasteiger partial charge in [-0.25, -0.2) is 14.4 Å². The summed E-state index contributed by atoms with van der Waals surface area (Å²) in [5.41, 5.74) is 1.56. The van der Waals surface area contributed by atoms with Crippen molar-refractivity contribution in [2.75, 3.05) is 0 Å². The topological polar surface area (TPSA) is 102 Å². The monoisotopic (exact) mass is 465 g/mol. The molecule has 0 saturated carbocycles. The van der Waals surface area contributed by atoms with Crippen LogP contribution in [0.25, 0.3) is 11.3 Å². The van der Waals surface area contributed by atoms with Gasteiger partial charge in [0.05, 0.1) is 17.6 Å². The van der Waals surface area contributed by atoms with Gasteiger partial charge in [-0.15, -0.1) is 0 Å². The molecule has 0 bridgehead atoms. The molecule has 2 aromatic heterocycles. The Kier molecular flexibility index (Phi) is 6.45. The number of hydrogen-bond acceptors (Lipinski definition) is 6. The summed E-state index contributed by atoms with van der Waals surface area (Å²) < 4.78 is 60.8. The Morgan fingerprint density at radius 3 is 2.30 bits per heavy atom. The molecule has 0 aliphatic carbocycles. The average molecular weight is 465 g/mol. The van der Waals surface area contributed by atoms with Gasteiger partial charge >= 0.3 is 6.18 Å². The Morgan fingerprint density at radius 1 is 1.15 bits per heavy atom. The van der Waals surface area contributed by atoms with E-state index >= 15 is 0 Å². The maximum absolute atomic E-state index is 14.1. The molecule has 176 valence electrons. The maximum atomic E-state index is 14.1. The van der Waals surface area contributed by atoms with Crippen molar-refractivity contribution >= 4 is 5.78 Å². The van der Waals surface area contributed by atoms with Gasteiger partial charge in [-0.2, -0.15) is 13.2 Å². The highest BCUT2D eigenvalue weighted by atomic mass is 19.4. The molecule has 6 nitrogen and oxygen atoms in total. The second-order valence-electron chi connectivity index (χ2n) is 8.38. The zero-order chi connectivity index (χ0) is 24.6. The number of nitrogens with zero attached hydrogens (tertiary/aromatic N) is 2. The van der Waals surface area contributed by atoms with E-state index < -0.39 is 47.5 Å². The third kappa shape index (κ3) is 5.28. The number of aliphatic hydroxyl groups is 1. The van der Waals surface area contributed by atoms with E-state index in [0.717, 1.165) is 24.4 Å². The Bertz CT molecular complexity index is 1150. The summed E-state index contributed by atoms with van der Waals surface area (Å²) in [6.45, 7) is 4.66. The van der Waals surface area contributed by atoms with Gasteiger partial charge in [0, 0.05) is 24.4 Å². The van der Waals surface area contributed by atoms with Crippen LogP contribution in [0, 0.1) is 12.7 Å². The van der Waals surface area contributed by atoms with Crippen molar-refractivity contribution in [3.63, 3.8) is 0 Å². The number of benzene rings is 1. The quantitative estimate of drug-likeness (QED) is 0.384. The number of rotatable bonds is 7. The molecule has 0 spiro atoms. The number of carbonyl (C=O) groups excluding carboxylic acids is 1. The first-order valence-corrected chi connectivity index (χ1v) is 10.0. The number of oxazole rings is 1. The smallest absolute Gasteiger partial charge is 0.422 e. The molecular weight excluding hydrogens is 442 g/mol. The van der Waals surface area contributed by atoms with Crippen LogP contribution in [0.15, 0.2) is 47.0 Å². The highest BCUT2D eigenvalue weighted by Gasteiger charge is 2.56. The fourth-order valence-electron chi connectivity index (χ4n) is 3.21. The van der Waals surface area contributed by atoms with Crippen LogP contribution in [0.5, 0.6) is 0 Å². The Morgan fingerprint density at radius 2 is 1.79 bits per heavy atom. The van der Waals surface area contributed by atoms with Gasteiger partial charge in [0.15, 0.2) is 17.4 Å². The van der Waals surface area contributed by atoms with Gasteiger partial charge in [-0.3, -0.25) is 4.79 Å². The van der Waals surface area contributed by atoms with Crippen LogP contribution in [-0.4, -0.2) is 27.0 Å². The van der Waals surface area contributed by atoms with Crippen LogP contribution in [0.3, 0.4) is 0 Å². The number of halogens is 4. The van der Waals surface area contributed by atoms with E-state index in [-0.39, 0.29) is 22.9 Å². The van der Waals surface area contributed by atoms with Crippen LogP contribution in [0.1, 0.15) is 54.4 Å². The molecule has 2 heterocycles. The van der Waals surface area contributed by atoms with Crippen LogP contribution in [-0.2, 0) is 11.1 Å². The number of aryl methyl sites for hydroxylation is 1. The van der Waals surface area contributed by atoms with Gasteiger partial charge in [0.2, 0.25) is 5.60 Å². The van der Waals surface area contributed by atoms with Crippen LogP contribution in [0.4, 0.5) is 17.6 Å². The molecule has 0 radical (unpaired) electrons. The number of ketones is 1. The van der Waals surface area contributed by atoms with E-state index in [2.05, 4.69) is 9.97 Å². The van der Waals surface area contributed by atoms with E-state index in [1.807, 2.05) is 0 Å². The SMILES string of the molecule is Cc1ncc(C(=O)CCC(O)(c2cc(C(C)(C)N)cc(-c3ccc(F)cc3)n2)C(F)(F)F)o1. The zero-order valence-electron chi connectivity index (χ0n) is 18.2. The van der Waals surface area contributed by atoms with Crippen molar-refractivity contribution in [2.45, 2.75) is 50.9 Å². The van der Waals surface area contributed by atoms with Crippen molar-refractivity contribution < 1.29 is 31.9 Å². The van der Waals surface area contributed by atoms with E-state index in [1.54, 1.807) is 13.8 Å². The third-order valence-electron chi connectivity index (χ3n) is 5.21. The Labute approximate surface area is 187 Å². The average Bonchev–Trinajstić information content (AvgIpc) is 3.17. The summed E-state index contributed by atoms with van der Waals surface area (Å²) in [5, 5.41) is 10.8. The number of pyridine rings is 1. The number of nitrogens with two attached hydrogens (primary N) is 1. The van der Waals surface area contributed by atoms with Gasteiger partial charge in [-0.1, -0.05) is 0 Å². The predicted octanol–water partition coefficient (Wildman–Crippen LogP) is 4.79. The lowest BCUT2D eigenvalue weighted by molar-refractivity contribution is -0.270. The lowest BCUT2D eigenvalue weighted by Crippen LogP contribution is -2.44. The highest BCUT2D eigenvalue weighted by molar-refractivity contribution is 5.93. The minimum Gasteiger partial charge on any atom is -0.438 e. The minimum atomic E-state index is -5.16. The molecule has 0 aliphatic heterocycles. The lowest BCUT2D eigenvalue weighted by atomic mass is 9.86. The van der Waals surface area contributed by atoms with Crippen molar-refractivity contribution in [1.29, 1.82) is 0 Å². The summed E-state index contributed by atoms with van der Waals surface area (Å²) in [6.07, 6.45) is -5.71. The molecular formula is C23H23F4N3O3. The first-order valence-electron chi connectivity index (χ1n) is 10.0. The highest BCUT2D eigenvalue weighted by Crippen LogP contribution is 2.43. The second-order valence-corrected chi connectivity index (χ2v) is 8.38. The summed E-state index contributed by atoms with van der Waals surface area (Å²) in [5.74, 6) is -1.28. The fraction of sp³-hybridized carbons (Fsp3) is 0.348. The normalized spacial score (nSPS) is 14.2. The van der Waals surface area contributed by atoms with Crippen LogP contribution in [0.2, 0.25) is 0 Å². The molecule has 0 fully saturated rings. The van der Waals surface area contributed by atoms with Gasteiger partial charge in [0.1, 0.15) is 5.82 Å². The van der Waals surface area contributed by atoms with E-state index in [1.165, 1.54) is 25.1 Å². The van der Waals surface area contributed by atoms with Crippen LogP contribution < -0.4 is 5.73 Å². The van der Waals surface area contributed by atoms with Crippen molar-refractivity contribution in [3.05, 3.63) is 71.3 Å². The first kappa shape index (κ1) is 24.5. The molecule has 3 N–H and O–H groups in total. The van der Waals surface area contributed by atoms with Gasteiger partial charge in [0.25, 0.3) is 0 Å². The molecule has 0 aliphatic rings. The Hall–Kier alpha value is -3.11. The molecule has 10 heteroatoms. The predicted molar refractivity (Wildman–Crippen MR) is 112 cm³/mol. The molecule has 33 heavy (non-hydrogen) atoms. The Balaban J connectivity index is 2.08. The number of alkyl halides is 3. The van der Waals surface area contributed by atoms with Crippen molar-refractivity contribution in [3.8, 4) is 11.3 Å². The molecule has 1 unspecified atom stereocenters. The zero-order valence-corrected chi connectivity index (χ0v) is 18.2. The molecule has 3 rings (SSSR count). The third-order valence-corrected chi connectivity index (χ3v) is 5.21. The van der Waals surface area contributed by atoms with Gasteiger partial charge in [-0.05, 0) is 62.2 Å². The van der Waals surface area contributed by atoms with Gasteiger partial charge < -0.3 is 15.3 Å². The summed E-state index contributed by atoms with van der Waals surface area (Å²) >= 11 is 0. The summed E-state index contributed by atoms with van der Waals surface area (Å²) in [6, 6.07) is 7.56. The largest absolute Gasteiger partial charge is 0.438 e. The second kappa shape index (κ2) is 8.68. The van der Waals surface area contributed by atoms with E-state index in [0.29, 0.717) is 5.56 Å². The fourth-order valence-corrected chi connectivity index (χ4v) is 3.21. The van der Waals surface area contributed by atoms with Crippen molar-refractivity contribution in [1.82, 2.24) is 9.97 Å². The summed E-state index contributed by atoms with van der Waals surface area (Å²) in [7, 11) is 0. The van der Waals surface area contributed by atoms with Crippen LogP contribution >= 0.6 is 0 Å². The maximum Gasteiger partial charge on any atom is 0.422 e. The molecule has 3 aromatic rings. The standard InChI is InChI=1S/C23H23F4N3O3/c1-13-29-12-19(33-13)18(31)8-9-22(32,23(25,26)27)20-11-15(21(2,3)28)10-17(30-20)14-4-6-16(24)7-5-14/h4-7,10-12,32H,8-9,28H2,1-3H3.